The van der Waals surface area contributed by atoms with Gasteiger partial charge in [0, 0.05) is 6.92 Å². The Morgan fingerprint density at radius 2 is 1.67 bits per heavy atom. The van der Waals surface area contributed by atoms with E-state index in [0.717, 1.165) is 6.92 Å². The molecule has 0 rings (SSSR count). The first-order valence-electron chi connectivity index (χ1n) is 1.13. The Labute approximate surface area is 48.8 Å². The van der Waals surface area contributed by atoms with Crippen molar-refractivity contribution in [2.75, 3.05) is 0 Å². The Bertz CT molecular complexity index is 40.1. The molecular formula is C2H4O3Sn. The van der Waals surface area contributed by atoms with Gasteiger partial charge in [-0.1, -0.05) is 0 Å². The second-order valence-corrected chi connectivity index (χ2v) is 0.519. The van der Waals surface area contributed by atoms with Crippen LogP contribution in [0.3, 0.4) is 0 Å². The molecule has 0 amide bonds. The van der Waals surface area contributed by atoms with E-state index < -0.39 is 5.97 Å². The van der Waals surface area contributed by atoms with Gasteiger partial charge in [0.2, 0.25) is 0 Å². The zero-order valence-electron chi connectivity index (χ0n) is 3.26. The molecular weight excluding hydrogens is 191 g/mol. The summed E-state index contributed by atoms with van der Waals surface area (Å²) in [6.45, 7) is 1.08. The molecule has 0 aromatic rings. The molecule has 3 nitrogen and oxygen atoms in total. The molecule has 0 aromatic heterocycles. The molecule has 2 radical (unpaired) electrons. The summed E-state index contributed by atoms with van der Waals surface area (Å²) in [6.07, 6.45) is 0. The zero-order chi connectivity index (χ0) is 5.58. The van der Waals surface area contributed by atoms with Gasteiger partial charge in [-0.2, -0.15) is 0 Å². The Kier molecular flexibility index (Phi) is 14.0. The van der Waals surface area contributed by atoms with Crippen LogP contribution in [0.25, 0.3) is 0 Å². The van der Waals surface area contributed by atoms with E-state index in [1.807, 2.05) is 0 Å². The van der Waals surface area contributed by atoms with Gasteiger partial charge in [-0.25, -0.2) is 0 Å². The molecule has 0 bridgehead atoms. The molecule has 0 unspecified atom stereocenters. The third-order valence-corrected chi connectivity index (χ3v) is 0. The third-order valence-electron chi connectivity index (χ3n) is 0. The van der Waals surface area contributed by atoms with Crippen LogP contribution in [0.4, 0.5) is 0 Å². The van der Waals surface area contributed by atoms with Crippen molar-refractivity contribution in [1.29, 1.82) is 0 Å². The van der Waals surface area contributed by atoms with Crippen LogP contribution in [-0.2, 0) is 7.87 Å². The SMILES string of the molecule is CC(=O)O.[O]=[Sn]. The predicted molar refractivity (Wildman–Crippen MR) is 19.8 cm³/mol. The first kappa shape index (κ1) is 9.42. The Hall–Kier alpha value is 0.0687. The summed E-state index contributed by atoms with van der Waals surface area (Å²) in [7, 11) is 0. The normalized spacial score (nSPS) is 4.83. The van der Waals surface area contributed by atoms with Crippen LogP contribution < -0.4 is 0 Å². The summed E-state index contributed by atoms with van der Waals surface area (Å²) in [5, 5.41) is 7.42. The van der Waals surface area contributed by atoms with Gasteiger partial charge in [-0.15, -0.1) is 0 Å². The van der Waals surface area contributed by atoms with Crippen LogP contribution in [0.5, 0.6) is 0 Å². The molecule has 0 saturated carbocycles. The van der Waals surface area contributed by atoms with Crippen LogP contribution in [0.2, 0.25) is 0 Å². The van der Waals surface area contributed by atoms with Gasteiger partial charge in [0.1, 0.15) is 0 Å². The molecule has 0 fully saturated rings. The molecule has 0 aliphatic heterocycles. The third kappa shape index (κ3) is 8120. The van der Waals surface area contributed by atoms with Crippen molar-refractivity contribution >= 4 is 28.5 Å². The molecule has 0 aliphatic carbocycles. The topological polar surface area (TPSA) is 54.4 Å². The van der Waals surface area contributed by atoms with E-state index >= 15 is 0 Å². The molecule has 0 heterocycles. The van der Waals surface area contributed by atoms with E-state index in [1.165, 1.54) is 0 Å². The average molecular weight is 195 g/mol. The Morgan fingerprint density at radius 1 is 1.67 bits per heavy atom. The van der Waals surface area contributed by atoms with E-state index in [1.54, 1.807) is 0 Å². The molecule has 0 spiro atoms. The Balaban J connectivity index is 0. The number of hydrogen-bond acceptors (Lipinski definition) is 2. The second kappa shape index (κ2) is 8.91. The number of carbonyl (C=O) groups is 1. The summed E-state index contributed by atoms with van der Waals surface area (Å²) < 4.78 is 8.34. The van der Waals surface area contributed by atoms with E-state index in [4.69, 9.17) is 13.0 Å². The van der Waals surface area contributed by atoms with Crippen LogP contribution in [0.15, 0.2) is 0 Å². The Morgan fingerprint density at radius 3 is 1.67 bits per heavy atom. The predicted octanol–water partition coefficient (Wildman–Crippen LogP) is -0.409. The van der Waals surface area contributed by atoms with Crippen molar-refractivity contribution in [2.45, 2.75) is 6.92 Å². The molecule has 6 heavy (non-hydrogen) atoms. The summed E-state index contributed by atoms with van der Waals surface area (Å²) in [4.78, 5) is 9.00. The maximum atomic E-state index is 9.00. The summed E-state index contributed by atoms with van der Waals surface area (Å²) >= 11 is 0.300. The zero-order valence-corrected chi connectivity index (χ0v) is 6.12. The number of hydrogen-bond donors (Lipinski definition) is 1. The fourth-order valence-electron chi connectivity index (χ4n) is 0. The van der Waals surface area contributed by atoms with Gasteiger partial charge < -0.3 is 5.11 Å². The maximum absolute atomic E-state index is 9.00. The van der Waals surface area contributed by atoms with Crippen molar-refractivity contribution < 1.29 is 13.0 Å². The summed E-state index contributed by atoms with van der Waals surface area (Å²) in [5.74, 6) is -0.833. The van der Waals surface area contributed by atoms with Gasteiger partial charge in [-0.3, -0.25) is 4.79 Å². The van der Waals surface area contributed by atoms with Gasteiger partial charge in [0.15, 0.2) is 0 Å². The first-order valence-corrected chi connectivity index (χ1v) is 2.30. The van der Waals surface area contributed by atoms with E-state index in [2.05, 4.69) is 0 Å². The standard InChI is InChI=1S/C2H4O2.O.Sn/c1-2(3)4;;/h1H3,(H,3,4);;. The number of carboxylic acids is 1. The molecule has 34 valence electrons. The average Bonchev–Trinajstić information content (AvgIpc) is 1.41. The quantitative estimate of drug-likeness (QED) is 0.534. The van der Waals surface area contributed by atoms with E-state index in [9.17, 15) is 0 Å². The van der Waals surface area contributed by atoms with Crippen molar-refractivity contribution in [1.82, 2.24) is 0 Å². The number of aliphatic carboxylic acids is 1. The second-order valence-electron chi connectivity index (χ2n) is 0.519. The van der Waals surface area contributed by atoms with Crippen LogP contribution in [0, 0.1) is 0 Å². The van der Waals surface area contributed by atoms with Crippen LogP contribution in [0.1, 0.15) is 6.92 Å². The first-order chi connectivity index (χ1) is 2.73. The van der Waals surface area contributed by atoms with Gasteiger partial charge >= 0.3 is 25.6 Å². The van der Waals surface area contributed by atoms with Crippen molar-refractivity contribution in [3.05, 3.63) is 0 Å². The minimum absolute atomic E-state index is 0.300. The van der Waals surface area contributed by atoms with Crippen molar-refractivity contribution in [2.24, 2.45) is 0 Å². The van der Waals surface area contributed by atoms with E-state index in [0.29, 0.717) is 22.5 Å². The molecule has 0 aliphatic rings. The summed E-state index contributed by atoms with van der Waals surface area (Å²) in [6, 6.07) is 0. The van der Waals surface area contributed by atoms with Crippen molar-refractivity contribution in [3.8, 4) is 0 Å². The number of rotatable bonds is 0. The van der Waals surface area contributed by atoms with Gasteiger partial charge in [-0.05, 0) is 0 Å². The molecule has 0 aromatic carbocycles. The molecule has 1 N–H and O–H groups in total. The van der Waals surface area contributed by atoms with Crippen LogP contribution in [-0.4, -0.2) is 33.6 Å². The minimum atomic E-state index is -0.833. The van der Waals surface area contributed by atoms with Gasteiger partial charge in [0.05, 0.1) is 0 Å². The summed E-state index contributed by atoms with van der Waals surface area (Å²) in [5.41, 5.74) is 0. The fourth-order valence-corrected chi connectivity index (χ4v) is 0. The molecule has 0 saturated heterocycles. The van der Waals surface area contributed by atoms with Crippen molar-refractivity contribution in [3.63, 3.8) is 0 Å². The molecule has 4 heteroatoms. The molecule has 0 atom stereocenters. The van der Waals surface area contributed by atoms with Crippen LogP contribution >= 0.6 is 0 Å². The fraction of sp³-hybridized carbons (Fsp3) is 0.500. The van der Waals surface area contributed by atoms with E-state index in [-0.39, 0.29) is 0 Å². The number of carboxylic acid groups (broad SMARTS) is 1. The van der Waals surface area contributed by atoms with Gasteiger partial charge in [0.25, 0.3) is 5.97 Å². The monoisotopic (exact) mass is 196 g/mol.